The van der Waals surface area contributed by atoms with Crippen molar-refractivity contribution in [2.45, 2.75) is 65.0 Å². The minimum Gasteiger partial charge on any atom is -0.481 e. The first-order chi connectivity index (χ1) is 16.7. The van der Waals surface area contributed by atoms with E-state index >= 15 is 0 Å². The third-order valence-corrected chi connectivity index (χ3v) is 6.51. The van der Waals surface area contributed by atoms with Crippen molar-refractivity contribution in [3.8, 4) is 11.1 Å². The Morgan fingerprint density at radius 3 is 1.97 bits per heavy atom. The van der Waals surface area contributed by atoms with Crippen LogP contribution in [0.2, 0.25) is 0 Å². The maximum atomic E-state index is 13.0. The van der Waals surface area contributed by atoms with Gasteiger partial charge >= 0.3 is 12.1 Å². The molecule has 0 spiro atoms. The van der Waals surface area contributed by atoms with Crippen LogP contribution < -0.4 is 10.6 Å². The second kappa shape index (κ2) is 11.9. The average molecular weight is 481 g/mol. The number of rotatable bonds is 11. The zero-order valence-corrected chi connectivity index (χ0v) is 20.9. The van der Waals surface area contributed by atoms with Crippen LogP contribution in [-0.2, 0) is 14.3 Å². The Hall–Kier alpha value is -3.35. The molecule has 7 heteroatoms. The van der Waals surface area contributed by atoms with Gasteiger partial charge in [-0.2, -0.15) is 0 Å². The molecule has 2 aromatic carbocycles. The summed E-state index contributed by atoms with van der Waals surface area (Å²) in [5.74, 6) is -1.16. The number of hydrogen-bond donors (Lipinski definition) is 3. The number of carbonyl (C=O) groups is 3. The summed E-state index contributed by atoms with van der Waals surface area (Å²) >= 11 is 0. The van der Waals surface area contributed by atoms with E-state index in [9.17, 15) is 19.5 Å². The van der Waals surface area contributed by atoms with Gasteiger partial charge in [-0.15, -0.1) is 0 Å². The van der Waals surface area contributed by atoms with Crippen molar-refractivity contribution in [2.75, 3.05) is 6.61 Å². The van der Waals surface area contributed by atoms with Gasteiger partial charge in [-0.1, -0.05) is 76.2 Å². The number of carboxylic acid groups (broad SMARTS) is 1. The molecule has 0 saturated carbocycles. The van der Waals surface area contributed by atoms with Gasteiger partial charge in [0.25, 0.3) is 0 Å². The molecule has 3 N–H and O–H groups in total. The van der Waals surface area contributed by atoms with E-state index < -0.39 is 24.1 Å². The summed E-state index contributed by atoms with van der Waals surface area (Å²) in [5.41, 5.74) is 4.52. The highest BCUT2D eigenvalue weighted by molar-refractivity contribution is 5.86. The summed E-state index contributed by atoms with van der Waals surface area (Å²) in [7, 11) is 0. The molecule has 1 aliphatic rings. The predicted molar refractivity (Wildman–Crippen MR) is 135 cm³/mol. The molecular formula is C28H36N2O5. The van der Waals surface area contributed by atoms with Crippen molar-refractivity contribution in [2.24, 2.45) is 11.8 Å². The number of ether oxygens (including phenoxy) is 1. The highest BCUT2D eigenvalue weighted by atomic mass is 16.5. The van der Waals surface area contributed by atoms with E-state index in [1.54, 1.807) is 0 Å². The standard InChI is InChI=1S/C28H36N2O5/c1-17(2)13-14-24(27(33)29-25(18(3)4)15-26(31)32)30-28(34)35-16-23-21-11-7-5-9-19(21)20-10-6-8-12-22(20)23/h5-12,17-18,23-25H,13-16H2,1-4H3,(H,29,33)(H,30,34)(H,31,32). The van der Waals surface area contributed by atoms with Gasteiger partial charge in [0, 0.05) is 12.0 Å². The van der Waals surface area contributed by atoms with E-state index in [-0.39, 0.29) is 30.8 Å². The second-order valence-electron chi connectivity index (χ2n) is 9.95. The number of carbonyl (C=O) groups excluding carboxylic acids is 2. The topological polar surface area (TPSA) is 105 Å². The zero-order valence-electron chi connectivity index (χ0n) is 20.9. The molecule has 0 saturated heterocycles. The van der Waals surface area contributed by atoms with Gasteiger partial charge in [0.2, 0.25) is 5.91 Å². The molecule has 2 atom stereocenters. The van der Waals surface area contributed by atoms with Crippen molar-refractivity contribution in [3.63, 3.8) is 0 Å². The molecule has 7 nitrogen and oxygen atoms in total. The van der Waals surface area contributed by atoms with Crippen LogP contribution in [0.1, 0.15) is 64.0 Å². The summed E-state index contributed by atoms with van der Waals surface area (Å²) < 4.78 is 5.62. The van der Waals surface area contributed by atoms with Crippen molar-refractivity contribution in [1.29, 1.82) is 0 Å². The van der Waals surface area contributed by atoms with Gasteiger partial charge in [-0.3, -0.25) is 9.59 Å². The number of hydrogen-bond acceptors (Lipinski definition) is 4. The van der Waals surface area contributed by atoms with Crippen LogP contribution in [-0.4, -0.2) is 41.8 Å². The number of aliphatic carboxylic acids is 1. The molecule has 1 aliphatic carbocycles. The van der Waals surface area contributed by atoms with E-state index in [2.05, 4.69) is 34.9 Å². The van der Waals surface area contributed by atoms with E-state index in [0.29, 0.717) is 12.3 Å². The normalized spacial score (nSPS) is 14.2. The molecule has 188 valence electrons. The summed E-state index contributed by atoms with van der Waals surface area (Å²) in [4.78, 5) is 37.0. The molecule has 35 heavy (non-hydrogen) atoms. The smallest absolute Gasteiger partial charge is 0.407 e. The first kappa shape index (κ1) is 26.3. The summed E-state index contributed by atoms with van der Waals surface area (Å²) in [6, 6.07) is 14.9. The predicted octanol–water partition coefficient (Wildman–Crippen LogP) is 4.95. The molecule has 2 aromatic rings. The third-order valence-electron chi connectivity index (χ3n) is 6.51. The first-order valence-corrected chi connectivity index (χ1v) is 12.3. The molecular weight excluding hydrogens is 444 g/mol. The lowest BCUT2D eigenvalue weighted by Gasteiger charge is -2.25. The van der Waals surface area contributed by atoms with Crippen LogP contribution in [0.25, 0.3) is 11.1 Å². The summed E-state index contributed by atoms with van der Waals surface area (Å²) in [6.45, 7) is 7.96. The molecule has 2 unspecified atom stereocenters. The fourth-order valence-corrected chi connectivity index (χ4v) is 4.48. The Kier molecular flexibility index (Phi) is 8.90. The summed E-state index contributed by atoms with van der Waals surface area (Å²) in [5, 5.41) is 14.7. The lowest BCUT2D eigenvalue weighted by atomic mass is 9.98. The molecule has 0 radical (unpaired) electrons. The van der Waals surface area contributed by atoms with E-state index in [0.717, 1.165) is 28.7 Å². The first-order valence-electron chi connectivity index (χ1n) is 12.3. The number of benzene rings is 2. The fourth-order valence-electron chi connectivity index (χ4n) is 4.48. The number of amides is 2. The molecule has 0 bridgehead atoms. The van der Waals surface area contributed by atoms with Gasteiger partial charge < -0.3 is 20.5 Å². The van der Waals surface area contributed by atoms with Crippen LogP contribution in [0, 0.1) is 11.8 Å². The maximum absolute atomic E-state index is 13.0. The Bertz CT molecular complexity index is 1000. The van der Waals surface area contributed by atoms with Gasteiger partial charge in [-0.05, 0) is 46.9 Å². The molecule has 0 aliphatic heterocycles. The quantitative estimate of drug-likeness (QED) is 0.422. The minimum absolute atomic E-state index is 0.0600. The molecule has 0 fully saturated rings. The van der Waals surface area contributed by atoms with Gasteiger partial charge in [0.05, 0.1) is 6.42 Å². The van der Waals surface area contributed by atoms with Gasteiger partial charge in [0.15, 0.2) is 0 Å². The minimum atomic E-state index is -0.979. The van der Waals surface area contributed by atoms with Crippen LogP contribution in [0.4, 0.5) is 4.79 Å². The van der Waals surface area contributed by atoms with Crippen LogP contribution in [0.15, 0.2) is 48.5 Å². The molecule has 0 heterocycles. The van der Waals surface area contributed by atoms with E-state index in [1.165, 1.54) is 0 Å². The van der Waals surface area contributed by atoms with Crippen molar-refractivity contribution >= 4 is 18.0 Å². The maximum Gasteiger partial charge on any atom is 0.407 e. The Balaban J connectivity index is 1.67. The van der Waals surface area contributed by atoms with Crippen molar-refractivity contribution in [1.82, 2.24) is 10.6 Å². The lowest BCUT2D eigenvalue weighted by Crippen LogP contribution is -2.51. The molecule has 3 rings (SSSR count). The van der Waals surface area contributed by atoms with Crippen LogP contribution in [0.3, 0.4) is 0 Å². The van der Waals surface area contributed by atoms with E-state index in [4.69, 9.17) is 4.74 Å². The monoisotopic (exact) mass is 480 g/mol. The lowest BCUT2D eigenvalue weighted by molar-refractivity contribution is -0.138. The number of alkyl carbamates (subject to hydrolysis) is 1. The Labute approximate surface area is 207 Å². The van der Waals surface area contributed by atoms with Gasteiger partial charge in [0.1, 0.15) is 12.6 Å². The van der Waals surface area contributed by atoms with Gasteiger partial charge in [-0.25, -0.2) is 4.79 Å². The number of fused-ring (bicyclic) bond motifs is 3. The van der Waals surface area contributed by atoms with Crippen LogP contribution in [0.5, 0.6) is 0 Å². The zero-order chi connectivity index (χ0) is 25.5. The van der Waals surface area contributed by atoms with E-state index in [1.807, 2.05) is 52.0 Å². The largest absolute Gasteiger partial charge is 0.481 e. The third kappa shape index (κ3) is 6.84. The Morgan fingerprint density at radius 1 is 0.886 bits per heavy atom. The van der Waals surface area contributed by atoms with Crippen LogP contribution >= 0.6 is 0 Å². The van der Waals surface area contributed by atoms with Crippen molar-refractivity contribution < 1.29 is 24.2 Å². The fraction of sp³-hybridized carbons (Fsp3) is 0.464. The Morgan fingerprint density at radius 2 is 1.46 bits per heavy atom. The SMILES string of the molecule is CC(C)CCC(NC(=O)OCC1c2ccccc2-c2ccccc21)C(=O)NC(CC(=O)O)C(C)C. The molecule has 0 aromatic heterocycles. The highest BCUT2D eigenvalue weighted by Gasteiger charge is 2.30. The average Bonchev–Trinajstić information content (AvgIpc) is 3.13. The number of nitrogens with one attached hydrogen (secondary N) is 2. The highest BCUT2D eigenvalue weighted by Crippen LogP contribution is 2.44. The second-order valence-corrected chi connectivity index (χ2v) is 9.95. The molecule has 2 amide bonds. The summed E-state index contributed by atoms with van der Waals surface area (Å²) in [6.07, 6.45) is 0.333. The number of carboxylic acids is 1. The van der Waals surface area contributed by atoms with Crippen molar-refractivity contribution in [3.05, 3.63) is 59.7 Å².